The molecule has 0 heterocycles. The Balaban J connectivity index is 1.85. The highest BCUT2D eigenvalue weighted by molar-refractivity contribution is 6.30. The average molecular weight is 362 g/mol. The van der Waals surface area contributed by atoms with Crippen LogP contribution in [0.1, 0.15) is 38.3 Å². The van der Waals surface area contributed by atoms with E-state index < -0.39 is 0 Å². The van der Waals surface area contributed by atoms with Gasteiger partial charge in [-0.3, -0.25) is 0 Å². The van der Waals surface area contributed by atoms with Crippen molar-refractivity contribution >= 4 is 11.6 Å². The molecule has 0 atom stereocenters. The third-order valence-corrected chi connectivity index (χ3v) is 4.80. The van der Waals surface area contributed by atoms with E-state index in [0.29, 0.717) is 24.8 Å². The van der Waals surface area contributed by atoms with Gasteiger partial charge in [-0.1, -0.05) is 44.5 Å². The Hall–Kier alpha value is -1.71. The van der Waals surface area contributed by atoms with Crippen LogP contribution in [-0.4, -0.2) is 19.8 Å². The Kier molecular flexibility index (Phi) is 7.15. The summed E-state index contributed by atoms with van der Waals surface area (Å²) in [5.74, 6) is 1.68. The first-order valence-electron chi connectivity index (χ1n) is 8.81. The van der Waals surface area contributed by atoms with Crippen molar-refractivity contribution in [3.05, 3.63) is 58.6 Å². The zero-order chi connectivity index (χ0) is 18.3. The third kappa shape index (κ3) is 5.65. The molecule has 0 saturated carbocycles. The van der Waals surface area contributed by atoms with Crippen molar-refractivity contribution in [1.82, 2.24) is 0 Å². The first kappa shape index (κ1) is 19.6. The first-order chi connectivity index (χ1) is 12.0. The van der Waals surface area contributed by atoms with Crippen molar-refractivity contribution in [2.75, 3.05) is 19.8 Å². The highest BCUT2D eigenvalue weighted by Gasteiger charge is 2.17. The molecule has 0 unspecified atom stereocenters. The number of ether oxygens (including phenoxy) is 2. The van der Waals surface area contributed by atoms with Gasteiger partial charge in [0.15, 0.2) is 0 Å². The lowest BCUT2D eigenvalue weighted by atomic mass is 9.82. The number of halogens is 1. The molecule has 0 amide bonds. The number of rotatable bonds is 9. The minimum absolute atomic E-state index is 0.190. The van der Waals surface area contributed by atoms with Gasteiger partial charge in [0.2, 0.25) is 0 Å². The van der Waals surface area contributed by atoms with Crippen LogP contribution in [-0.2, 0) is 11.8 Å². The van der Waals surface area contributed by atoms with E-state index in [-0.39, 0.29) is 5.41 Å². The molecule has 0 aliphatic carbocycles. The summed E-state index contributed by atoms with van der Waals surface area (Å²) in [6.45, 7) is 8.23. The molecule has 0 aliphatic rings. The zero-order valence-electron chi connectivity index (χ0n) is 15.3. The minimum atomic E-state index is 0.190. The second kappa shape index (κ2) is 9.12. The first-order valence-corrected chi connectivity index (χ1v) is 9.18. The van der Waals surface area contributed by atoms with Crippen LogP contribution in [0.5, 0.6) is 11.5 Å². The second-order valence-corrected chi connectivity index (χ2v) is 7.19. The fraction of sp³-hybridized carbons (Fsp3) is 0.429. The average Bonchev–Trinajstić information content (AvgIpc) is 2.61. The molecular formula is C21H28ClNO2. The predicted molar refractivity (Wildman–Crippen MR) is 105 cm³/mol. The lowest BCUT2D eigenvalue weighted by Crippen LogP contribution is -2.15. The molecule has 2 N–H and O–H groups in total. The SMILES string of the molecule is CCC(C)(C)c1ccc(OCCOc2ccc(Cl)cc2CCN)cc1. The molecule has 0 aromatic heterocycles. The predicted octanol–water partition coefficient (Wildman–Crippen LogP) is 4.99. The monoisotopic (exact) mass is 361 g/mol. The molecular weight excluding hydrogens is 334 g/mol. The van der Waals surface area contributed by atoms with Crippen LogP contribution < -0.4 is 15.2 Å². The van der Waals surface area contributed by atoms with Crippen LogP contribution in [0.15, 0.2) is 42.5 Å². The molecule has 25 heavy (non-hydrogen) atoms. The number of hydrogen-bond acceptors (Lipinski definition) is 3. The molecule has 0 fully saturated rings. The van der Waals surface area contributed by atoms with Crippen molar-refractivity contribution in [2.24, 2.45) is 5.73 Å². The summed E-state index contributed by atoms with van der Waals surface area (Å²) in [4.78, 5) is 0. The van der Waals surface area contributed by atoms with E-state index in [2.05, 4.69) is 32.9 Å². The largest absolute Gasteiger partial charge is 0.490 e. The summed E-state index contributed by atoms with van der Waals surface area (Å²) >= 11 is 6.03. The molecule has 0 bridgehead atoms. The van der Waals surface area contributed by atoms with Crippen molar-refractivity contribution in [3.63, 3.8) is 0 Å². The molecule has 2 aromatic rings. The van der Waals surface area contributed by atoms with Gasteiger partial charge in [0, 0.05) is 5.02 Å². The number of benzene rings is 2. The smallest absolute Gasteiger partial charge is 0.122 e. The van der Waals surface area contributed by atoms with E-state index >= 15 is 0 Å². The summed E-state index contributed by atoms with van der Waals surface area (Å²) in [7, 11) is 0. The molecule has 0 radical (unpaired) electrons. The number of hydrogen-bond donors (Lipinski definition) is 1. The van der Waals surface area contributed by atoms with Gasteiger partial charge in [0.1, 0.15) is 24.7 Å². The molecule has 0 aliphatic heterocycles. The van der Waals surface area contributed by atoms with Gasteiger partial charge in [-0.15, -0.1) is 0 Å². The summed E-state index contributed by atoms with van der Waals surface area (Å²) in [5.41, 5.74) is 8.18. The lowest BCUT2D eigenvalue weighted by Gasteiger charge is -2.23. The van der Waals surface area contributed by atoms with Gasteiger partial charge in [0.05, 0.1) is 0 Å². The lowest BCUT2D eigenvalue weighted by molar-refractivity contribution is 0.216. The fourth-order valence-corrected chi connectivity index (χ4v) is 2.75. The van der Waals surface area contributed by atoms with E-state index in [1.54, 1.807) is 0 Å². The van der Waals surface area contributed by atoms with Gasteiger partial charge >= 0.3 is 0 Å². The summed E-state index contributed by atoms with van der Waals surface area (Å²) in [6, 6.07) is 13.9. The maximum atomic E-state index is 6.03. The van der Waals surface area contributed by atoms with Crippen molar-refractivity contribution in [2.45, 2.75) is 39.0 Å². The Labute approximate surface area is 156 Å². The molecule has 3 nitrogen and oxygen atoms in total. The minimum Gasteiger partial charge on any atom is -0.490 e. The van der Waals surface area contributed by atoms with Crippen LogP contribution in [0, 0.1) is 0 Å². The van der Waals surface area contributed by atoms with E-state index in [0.717, 1.165) is 29.9 Å². The van der Waals surface area contributed by atoms with Gasteiger partial charge in [-0.05, 0) is 66.3 Å². The van der Waals surface area contributed by atoms with E-state index in [1.165, 1.54) is 5.56 Å². The number of nitrogens with two attached hydrogens (primary N) is 1. The van der Waals surface area contributed by atoms with Crippen molar-refractivity contribution in [1.29, 1.82) is 0 Å². The van der Waals surface area contributed by atoms with Gasteiger partial charge in [0.25, 0.3) is 0 Å². The van der Waals surface area contributed by atoms with Gasteiger partial charge in [-0.25, -0.2) is 0 Å². The molecule has 2 aromatic carbocycles. The molecule has 4 heteroatoms. The van der Waals surface area contributed by atoms with Gasteiger partial charge < -0.3 is 15.2 Å². The third-order valence-electron chi connectivity index (χ3n) is 4.57. The van der Waals surface area contributed by atoms with Crippen molar-refractivity contribution < 1.29 is 9.47 Å². The van der Waals surface area contributed by atoms with E-state index in [4.69, 9.17) is 26.8 Å². The Bertz CT molecular complexity index is 668. The van der Waals surface area contributed by atoms with Crippen LogP contribution in [0.2, 0.25) is 5.02 Å². The van der Waals surface area contributed by atoms with Gasteiger partial charge in [-0.2, -0.15) is 0 Å². The summed E-state index contributed by atoms with van der Waals surface area (Å²) in [6.07, 6.45) is 1.85. The topological polar surface area (TPSA) is 44.5 Å². The van der Waals surface area contributed by atoms with Crippen LogP contribution >= 0.6 is 11.6 Å². The highest BCUT2D eigenvalue weighted by Crippen LogP contribution is 2.28. The summed E-state index contributed by atoms with van der Waals surface area (Å²) in [5, 5.41) is 0.696. The molecule has 0 spiro atoms. The normalized spacial score (nSPS) is 11.4. The standard InChI is InChI=1S/C21H28ClNO2/c1-4-21(2,3)17-5-8-19(9-6-17)24-13-14-25-20-10-7-18(22)15-16(20)11-12-23/h5-10,15H,4,11-14,23H2,1-3H3. The maximum absolute atomic E-state index is 6.03. The Morgan fingerprint density at radius 1 is 1.00 bits per heavy atom. The Morgan fingerprint density at radius 3 is 2.32 bits per heavy atom. The van der Waals surface area contributed by atoms with Crippen LogP contribution in [0.3, 0.4) is 0 Å². The van der Waals surface area contributed by atoms with Crippen LogP contribution in [0.4, 0.5) is 0 Å². The Morgan fingerprint density at radius 2 is 1.68 bits per heavy atom. The fourth-order valence-electron chi connectivity index (χ4n) is 2.56. The molecule has 2 rings (SSSR count). The molecule has 136 valence electrons. The summed E-state index contributed by atoms with van der Waals surface area (Å²) < 4.78 is 11.6. The molecule has 0 saturated heterocycles. The van der Waals surface area contributed by atoms with Crippen molar-refractivity contribution in [3.8, 4) is 11.5 Å². The maximum Gasteiger partial charge on any atom is 0.122 e. The quantitative estimate of drug-likeness (QED) is 0.640. The zero-order valence-corrected chi connectivity index (χ0v) is 16.1. The second-order valence-electron chi connectivity index (χ2n) is 6.75. The van der Waals surface area contributed by atoms with Crippen LogP contribution in [0.25, 0.3) is 0 Å². The van der Waals surface area contributed by atoms with E-state index in [9.17, 15) is 0 Å². The van der Waals surface area contributed by atoms with E-state index in [1.807, 2.05) is 30.3 Å². The highest BCUT2D eigenvalue weighted by atomic mass is 35.5.